The van der Waals surface area contributed by atoms with Crippen molar-refractivity contribution in [2.45, 2.75) is 24.7 Å². The Kier molecular flexibility index (Phi) is 6.12. The minimum absolute atomic E-state index is 0.00615. The van der Waals surface area contributed by atoms with Gasteiger partial charge in [-0.25, -0.2) is 13.6 Å². The highest BCUT2D eigenvalue weighted by atomic mass is 32.2. The lowest BCUT2D eigenvalue weighted by molar-refractivity contribution is 0.0950. The summed E-state index contributed by atoms with van der Waals surface area (Å²) in [7, 11) is -2.11. The minimum Gasteiger partial charge on any atom is -0.385 e. The molecule has 0 aliphatic heterocycles. The van der Waals surface area contributed by atoms with Gasteiger partial charge in [0.15, 0.2) is 0 Å². The largest absolute Gasteiger partial charge is 0.385 e. The van der Waals surface area contributed by atoms with Gasteiger partial charge < -0.3 is 10.1 Å². The van der Waals surface area contributed by atoms with Crippen molar-refractivity contribution in [3.05, 3.63) is 29.3 Å². The SMILES string of the molecule is COCCCCNC(=O)c1ccc(S(N)(=O)=O)cc1C. The maximum atomic E-state index is 11.9. The van der Waals surface area contributed by atoms with E-state index in [-0.39, 0.29) is 10.8 Å². The van der Waals surface area contributed by atoms with Crippen LogP contribution in [0.4, 0.5) is 0 Å². The van der Waals surface area contributed by atoms with Crippen LogP contribution in [0.15, 0.2) is 23.1 Å². The molecule has 0 saturated heterocycles. The number of amides is 1. The number of carbonyl (C=O) groups is 1. The first-order chi connectivity index (χ1) is 9.36. The maximum absolute atomic E-state index is 11.9. The Hall–Kier alpha value is -1.44. The third-order valence-electron chi connectivity index (χ3n) is 2.83. The van der Waals surface area contributed by atoms with Crippen LogP contribution < -0.4 is 10.5 Å². The highest BCUT2D eigenvalue weighted by Gasteiger charge is 2.13. The van der Waals surface area contributed by atoms with Gasteiger partial charge in [-0.05, 0) is 43.5 Å². The van der Waals surface area contributed by atoms with E-state index in [1.165, 1.54) is 18.2 Å². The van der Waals surface area contributed by atoms with Gasteiger partial charge in [-0.1, -0.05) is 0 Å². The number of unbranched alkanes of at least 4 members (excludes halogenated alkanes) is 1. The van der Waals surface area contributed by atoms with Gasteiger partial charge in [0.2, 0.25) is 10.0 Å². The standard InChI is InChI=1S/C13H20N2O4S/c1-10-9-11(20(14,17)18)5-6-12(10)13(16)15-7-3-4-8-19-2/h5-6,9H,3-4,7-8H2,1-2H3,(H,15,16)(H2,14,17,18). The molecule has 1 aromatic rings. The number of benzene rings is 1. The Morgan fingerprint density at radius 3 is 2.60 bits per heavy atom. The molecule has 0 aliphatic carbocycles. The number of aryl methyl sites for hydroxylation is 1. The first kappa shape index (κ1) is 16.6. The van der Waals surface area contributed by atoms with Crippen LogP contribution in [0.25, 0.3) is 0 Å². The summed E-state index contributed by atoms with van der Waals surface area (Å²) in [5.74, 6) is -0.221. The molecule has 1 rings (SSSR count). The highest BCUT2D eigenvalue weighted by molar-refractivity contribution is 7.89. The van der Waals surface area contributed by atoms with Crippen LogP contribution in [-0.4, -0.2) is 34.6 Å². The van der Waals surface area contributed by atoms with E-state index in [0.29, 0.717) is 24.3 Å². The molecule has 112 valence electrons. The fourth-order valence-corrected chi connectivity index (χ4v) is 2.34. The normalized spacial score (nSPS) is 11.3. The second-order valence-corrected chi connectivity index (χ2v) is 6.04. The van der Waals surface area contributed by atoms with Gasteiger partial charge in [0.05, 0.1) is 4.90 Å². The molecule has 0 aromatic heterocycles. The molecule has 20 heavy (non-hydrogen) atoms. The predicted octanol–water partition coefficient (Wildman–Crippen LogP) is 0.799. The Morgan fingerprint density at radius 1 is 1.35 bits per heavy atom. The summed E-state index contributed by atoms with van der Waals surface area (Å²) in [6.45, 7) is 2.89. The molecule has 0 saturated carbocycles. The Bertz CT molecular complexity index is 570. The van der Waals surface area contributed by atoms with E-state index in [9.17, 15) is 13.2 Å². The van der Waals surface area contributed by atoms with Crippen molar-refractivity contribution in [2.24, 2.45) is 5.14 Å². The zero-order valence-corrected chi connectivity index (χ0v) is 12.5. The molecule has 0 bridgehead atoms. The maximum Gasteiger partial charge on any atom is 0.251 e. The molecule has 0 radical (unpaired) electrons. The number of hydrogen-bond donors (Lipinski definition) is 2. The Balaban J connectivity index is 2.65. The molecule has 1 aromatic carbocycles. The molecule has 0 atom stereocenters. The van der Waals surface area contributed by atoms with E-state index in [1.54, 1.807) is 14.0 Å². The average Bonchev–Trinajstić information content (AvgIpc) is 2.37. The highest BCUT2D eigenvalue weighted by Crippen LogP contribution is 2.14. The van der Waals surface area contributed by atoms with Crippen LogP contribution in [0, 0.1) is 6.92 Å². The Labute approximate surface area is 119 Å². The summed E-state index contributed by atoms with van der Waals surface area (Å²) in [6, 6.07) is 4.21. The zero-order valence-electron chi connectivity index (χ0n) is 11.7. The van der Waals surface area contributed by atoms with Crippen LogP contribution in [0.5, 0.6) is 0 Å². The average molecular weight is 300 g/mol. The molecule has 0 aliphatic rings. The van der Waals surface area contributed by atoms with Crippen molar-refractivity contribution in [1.29, 1.82) is 0 Å². The van der Waals surface area contributed by atoms with Gasteiger partial charge in [-0.3, -0.25) is 4.79 Å². The summed E-state index contributed by atoms with van der Waals surface area (Å²) >= 11 is 0. The summed E-state index contributed by atoms with van der Waals surface area (Å²) in [5, 5.41) is 7.82. The zero-order chi connectivity index (χ0) is 15.2. The lowest BCUT2D eigenvalue weighted by atomic mass is 10.1. The molecular formula is C13H20N2O4S. The van der Waals surface area contributed by atoms with Gasteiger partial charge >= 0.3 is 0 Å². The van der Waals surface area contributed by atoms with Gasteiger partial charge in [0.25, 0.3) is 5.91 Å². The molecule has 3 N–H and O–H groups in total. The lowest BCUT2D eigenvalue weighted by Crippen LogP contribution is -2.25. The number of hydrogen-bond acceptors (Lipinski definition) is 4. The molecule has 1 amide bonds. The number of nitrogens with two attached hydrogens (primary N) is 1. The van der Waals surface area contributed by atoms with Crippen molar-refractivity contribution in [1.82, 2.24) is 5.32 Å². The third kappa shape index (κ3) is 4.92. The molecule has 7 heteroatoms. The molecule has 0 unspecified atom stereocenters. The fourth-order valence-electron chi connectivity index (χ4n) is 1.74. The van der Waals surface area contributed by atoms with Crippen molar-refractivity contribution in [3.8, 4) is 0 Å². The number of rotatable bonds is 7. The summed E-state index contributed by atoms with van der Waals surface area (Å²) < 4.78 is 27.3. The first-order valence-electron chi connectivity index (χ1n) is 6.27. The monoisotopic (exact) mass is 300 g/mol. The summed E-state index contributed by atoms with van der Waals surface area (Å²) in [5.41, 5.74) is 1.02. The number of sulfonamides is 1. The third-order valence-corrected chi connectivity index (χ3v) is 3.74. The number of ether oxygens (including phenoxy) is 1. The van der Waals surface area contributed by atoms with Crippen LogP contribution in [0.3, 0.4) is 0 Å². The van der Waals surface area contributed by atoms with Crippen molar-refractivity contribution in [3.63, 3.8) is 0 Å². The molecular weight excluding hydrogens is 280 g/mol. The molecule has 0 spiro atoms. The fraction of sp³-hybridized carbons (Fsp3) is 0.462. The molecule has 0 fully saturated rings. The smallest absolute Gasteiger partial charge is 0.251 e. The summed E-state index contributed by atoms with van der Waals surface area (Å²) in [6.07, 6.45) is 1.70. The number of nitrogens with one attached hydrogen (secondary N) is 1. The second kappa shape index (κ2) is 7.37. The van der Waals surface area contributed by atoms with Gasteiger partial charge in [-0.2, -0.15) is 0 Å². The van der Waals surface area contributed by atoms with E-state index in [4.69, 9.17) is 9.88 Å². The quantitative estimate of drug-likeness (QED) is 0.728. The topological polar surface area (TPSA) is 98.5 Å². The van der Waals surface area contributed by atoms with Crippen molar-refractivity contribution in [2.75, 3.05) is 20.3 Å². The van der Waals surface area contributed by atoms with Crippen LogP contribution >= 0.6 is 0 Å². The molecule has 6 nitrogen and oxygen atoms in total. The number of carbonyl (C=O) groups excluding carboxylic acids is 1. The minimum atomic E-state index is -3.74. The van der Waals surface area contributed by atoms with Gasteiger partial charge in [-0.15, -0.1) is 0 Å². The number of methoxy groups -OCH3 is 1. The van der Waals surface area contributed by atoms with E-state index in [1.807, 2.05) is 0 Å². The van der Waals surface area contributed by atoms with Gasteiger partial charge in [0, 0.05) is 25.8 Å². The van der Waals surface area contributed by atoms with E-state index in [0.717, 1.165) is 12.8 Å². The van der Waals surface area contributed by atoms with Crippen LogP contribution in [-0.2, 0) is 14.8 Å². The summed E-state index contributed by atoms with van der Waals surface area (Å²) in [4.78, 5) is 11.9. The van der Waals surface area contributed by atoms with E-state index in [2.05, 4.69) is 5.32 Å². The van der Waals surface area contributed by atoms with Crippen LogP contribution in [0.1, 0.15) is 28.8 Å². The van der Waals surface area contributed by atoms with Crippen molar-refractivity contribution >= 4 is 15.9 Å². The van der Waals surface area contributed by atoms with Crippen LogP contribution in [0.2, 0.25) is 0 Å². The predicted molar refractivity (Wildman–Crippen MR) is 76.0 cm³/mol. The van der Waals surface area contributed by atoms with Gasteiger partial charge in [0.1, 0.15) is 0 Å². The van der Waals surface area contributed by atoms with E-state index < -0.39 is 10.0 Å². The first-order valence-corrected chi connectivity index (χ1v) is 7.81. The van der Waals surface area contributed by atoms with Crippen molar-refractivity contribution < 1.29 is 17.9 Å². The lowest BCUT2D eigenvalue weighted by Gasteiger charge is -2.09. The van der Waals surface area contributed by atoms with E-state index >= 15 is 0 Å². The number of primary sulfonamides is 1. The molecule has 0 heterocycles. The Morgan fingerprint density at radius 2 is 2.05 bits per heavy atom. The second-order valence-electron chi connectivity index (χ2n) is 4.48.